The summed E-state index contributed by atoms with van der Waals surface area (Å²) in [6.45, 7) is 0.351. The van der Waals surface area contributed by atoms with E-state index < -0.39 is 40.4 Å². The SMILES string of the molecule is CNS(=O)(=O)O[C@@H]1C[C@@H](Nc2ncncc2C(=O)c2ccn(Cc3ccc(Cl)c(Cl)c3)n2)[C@H](O)[C@H]1O. The second-order valence-electron chi connectivity index (χ2n) is 8.02. The van der Waals surface area contributed by atoms with Crippen LogP contribution in [0.2, 0.25) is 10.0 Å². The Balaban J connectivity index is 1.49. The number of hydrogen-bond acceptors (Lipinski definition) is 10. The lowest BCUT2D eigenvalue weighted by atomic mass is 10.1. The minimum atomic E-state index is -4.09. The molecule has 192 valence electrons. The molecule has 2 heterocycles. The molecule has 1 aromatic carbocycles. The second kappa shape index (κ2) is 10.8. The topological polar surface area (TPSA) is 169 Å². The average molecular weight is 557 g/mol. The molecular weight excluding hydrogens is 535 g/mol. The summed E-state index contributed by atoms with van der Waals surface area (Å²) >= 11 is 12.0. The van der Waals surface area contributed by atoms with E-state index in [1.165, 1.54) is 18.6 Å². The summed E-state index contributed by atoms with van der Waals surface area (Å²) in [7, 11) is -2.93. The summed E-state index contributed by atoms with van der Waals surface area (Å²) in [6, 6.07) is 5.86. The van der Waals surface area contributed by atoms with Crippen LogP contribution in [0.25, 0.3) is 0 Å². The first kappa shape index (κ1) is 26.4. The van der Waals surface area contributed by atoms with Gasteiger partial charge in [0.2, 0.25) is 5.78 Å². The van der Waals surface area contributed by atoms with Gasteiger partial charge in [0.1, 0.15) is 36.2 Å². The van der Waals surface area contributed by atoms with Crippen LogP contribution in [0, 0.1) is 0 Å². The van der Waals surface area contributed by atoms with Gasteiger partial charge < -0.3 is 15.5 Å². The first-order chi connectivity index (χ1) is 17.1. The number of carbonyl (C=O) groups excluding carboxylic acids is 1. The zero-order chi connectivity index (χ0) is 26.0. The fourth-order valence-electron chi connectivity index (χ4n) is 3.76. The molecule has 0 radical (unpaired) electrons. The van der Waals surface area contributed by atoms with Gasteiger partial charge in [-0.1, -0.05) is 29.3 Å². The van der Waals surface area contributed by atoms with Crippen LogP contribution in [-0.2, 0) is 21.0 Å². The number of aromatic nitrogens is 4. The lowest BCUT2D eigenvalue weighted by molar-refractivity contribution is -0.00882. The molecule has 4 N–H and O–H groups in total. The Morgan fingerprint density at radius 1 is 1.22 bits per heavy atom. The molecule has 36 heavy (non-hydrogen) atoms. The fraction of sp³-hybridized carbons (Fsp3) is 0.333. The van der Waals surface area contributed by atoms with Gasteiger partial charge in [-0.25, -0.2) is 9.97 Å². The summed E-state index contributed by atoms with van der Waals surface area (Å²) in [5.74, 6) is -0.396. The number of aliphatic hydroxyl groups is 2. The molecule has 2 aromatic heterocycles. The Morgan fingerprint density at radius 2 is 2.00 bits per heavy atom. The molecule has 1 aliphatic rings. The molecule has 3 aromatic rings. The number of halogens is 2. The van der Waals surface area contributed by atoms with Gasteiger partial charge in [-0.3, -0.25) is 13.7 Å². The van der Waals surface area contributed by atoms with Gasteiger partial charge in [-0.05, 0) is 23.8 Å². The molecule has 4 rings (SSSR count). The zero-order valence-corrected chi connectivity index (χ0v) is 21.1. The Labute approximate surface area is 216 Å². The van der Waals surface area contributed by atoms with Gasteiger partial charge in [-0.15, -0.1) is 0 Å². The zero-order valence-electron chi connectivity index (χ0n) is 18.7. The van der Waals surface area contributed by atoms with E-state index >= 15 is 0 Å². The summed E-state index contributed by atoms with van der Waals surface area (Å²) < 4.78 is 31.8. The van der Waals surface area contributed by atoms with Crippen molar-refractivity contribution in [1.29, 1.82) is 0 Å². The Hall–Kier alpha value is -2.65. The van der Waals surface area contributed by atoms with Crippen LogP contribution in [0.4, 0.5) is 5.82 Å². The maximum Gasteiger partial charge on any atom is 0.335 e. The van der Waals surface area contributed by atoms with E-state index in [1.807, 2.05) is 4.72 Å². The molecule has 1 saturated carbocycles. The smallest absolute Gasteiger partial charge is 0.335 e. The van der Waals surface area contributed by atoms with Crippen LogP contribution in [0.15, 0.2) is 43.0 Å². The van der Waals surface area contributed by atoms with Crippen molar-refractivity contribution in [3.8, 4) is 0 Å². The number of rotatable bonds is 9. The van der Waals surface area contributed by atoms with Crippen molar-refractivity contribution < 1.29 is 27.6 Å². The third-order valence-electron chi connectivity index (χ3n) is 5.61. The van der Waals surface area contributed by atoms with Gasteiger partial charge in [0.25, 0.3) is 0 Å². The average Bonchev–Trinajstić information content (AvgIpc) is 3.41. The first-order valence-electron chi connectivity index (χ1n) is 10.6. The molecular formula is C21H22Cl2N6O6S. The summed E-state index contributed by atoms with van der Waals surface area (Å²) in [4.78, 5) is 21.2. The highest BCUT2D eigenvalue weighted by Crippen LogP contribution is 2.28. The number of hydrogen-bond donors (Lipinski definition) is 4. The van der Waals surface area contributed by atoms with E-state index in [0.717, 1.165) is 12.6 Å². The highest BCUT2D eigenvalue weighted by molar-refractivity contribution is 7.84. The highest BCUT2D eigenvalue weighted by Gasteiger charge is 2.44. The summed E-state index contributed by atoms with van der Waals surface area (Å²) in [5, 5.41) is 28.7. The van der Waals surface area contributed by atoms with E-state index in [4.69, 9.17) is 27.4 Å². The fourth-order valence-corrected chi connectivity index (χ4v) is 4.69. The second-order valence-corrected chi connectivity index (χ2v) is 10.3. The van der Waals surface area contributed by atoms with Crippen molar-refractivity contribution in [1.82, 2.24) is 24.5 Å². The van der Waals surface area contributed by atoms with Crippen LogP contribution in [-0.4, -0.2) is 75.6 Å². The van der Waals surface area contributed by atoms with E-state index in [1.54, 1.807) is 29.1 Å². The normalized spacial score (nSPS) is 22.0. The number of benzene rings is 1. The van der Waals surface area contributed by atoms with Crippen LogP contribution < -0.4 is 10.0 Å². The lowest BCUT2D eigenvalue weighted by Gasteiger charge is -2.19. The minimum Gasteiger partial charge on any atom is -0.388 e. The Kier molecular flexibility index (Phi) is 7.90. The molecule has 1 fully saturated rings. The molecule has 0 aliphatic heterocycles. The van der Waals surface area contributed by atoms with Crippen LogP contribution >= 0.6 is 23.2 Å². The van der Waals surface area contributed by atoms with Crippen molar-refractivity contribution >= 4 is 45.1 Å². The molecule has 12 nitrogen and oxygen atoms in total. The Bertz CT molecular complexity index is 1370. The quantitative estimate of drug-likeness (QED) is 0.279. The van der Waals surface area contributed by atoms with E-state index in [0.29, 0.717) is 16.6 Å². The largest absolute Gasteiger partial charge is 0.388 e. The number of anilines is 1. The standard InChI is InChI=1S/C21H22Cl2N6O6S/c1-24-36(33,34)35-17-7-16(19(31)20(17)32)27-21-12(8-25-10-26-21)18(30)15-4-5-29(28-15)9-11-2-3-13(22)14(23)6-11/h2-6,8,10,16-17,19-20,24,31-32H,7,9H2,1H3,(H,25,26,27)/t16-,17-,19+,20+/m1/s1. The van der Waals surface area contributed by atoms with Gasteiger partial charge in [0.05, 0.1) is 28.2 Å². The molecule has 0 bridgehead atoms. The molecule has 1 aliphatic carbocycles. The molecule has 0 spiro atoms. The number of nitrogens with zero attached hydrogens (tertiary/aromatic N) is 4. The number of ketones is 1. The number of aliphatic hydroxyl groups excluding tert-OH is 2. The van der Waals surface area contributed by atoms with Gasteiger partial charge in [0.15, 0.2) is 0 Å². The van der Waals surface area contributed by atoms with Crippen LogP contribution in [0.3, 0.4) is 0 Å². The van der Waals surface area contributed by atoms with E-state index in [9.17, 15) is 23.4 Å². The van der Waals surface area contributed by atoms with E-state index in [2.05, 4.69) is 20.4 Å². The summed E-state index contributed by atoms with van der Waals surface area (Å²) in [5.41, 5.74) is 1.04. The number of nitrogens with one attached hydrogen (secondary N) is 2. The van der Waals surface area contributed by atoms with Crippen LogP contribution in [0.5, 0.6) is 0 Å². The van der Waals surface area contributed by atoms with Crippen molar-refractivity contribution in [3.05, 3.63) is 69.9 Å². The maximum absolute atomic E-state index is 13.2. The van der Waals surface area contributed by atoms with Crippen molar-refractivity contribution in [2.75, 3.05) is 12.4 Å². The van der Waals surface area contributed by atoms with Crippen molar-refractivity contribution in [2.45, 2.75) is 37.3 Å². The molecule has 0 amide bonds. The maximum atomic E-state index is 13.2. The molecule has 4 atom stereocenters. The van der Waals surface area contributed by atoms with Gasteiger partial charge in [-0.2, -0.15) is 18.2 Å². The summed E-state index contributed by atoms with van der Waals surface area (Å²) in [6.07, 6.45) is 0.00101. The third-order valence-corrected chi connectivity index (χ3v) is 7.35. The predicted molar refractivity (Wildman–Crippen MR) is 130 cm³/mol. The first-order valence-corrected chi connectivity index (χ1v) is 12.8. The lowest BCUT2D eigenvalue weighted by Crippen LogP contribution is -2.38. The minimum absolute atomic E-state index is 0.0703. The molecule has 15 heteroatoms. The van der Waals surface area contributed by atoms with Crippen molar-refractivity contribution in [3.63, 3.8) is 0 Å². The third kappa shape index (κ3) is 5.83. The van der Waals surface area contributed by atoms with E-state index in [-0.39, 0.29) is 23.5 Å². The van der Waals surface area contributed by atoms with Gasteiger partial charge >= 0.3 is 10.3 Å². The highest BCUT2D eigenvalue weighted by atomic mass is 35.5. The van der Waals surface area contributed by atoms with Crippen LogP contribution in [0.1, 0.15) is 28.0 Å². The monoisotopic (exact) mass is 556 g/mol. The number of carbonyl (C=O) groups is 1. The molecule has 0 saturated heterocycles. The molecule has 0 unspecified atom stereocenters. The van der Waals surface area contributed by atoms with Gasteiger partial charge in [0, 0.05) is 25.9 Å². The Morgan fingerprint density at radius 3 is 2.72 bits per heavy atom. The van der Waals surface area contributed by atoms with Crippen molar-refractivity contribution in [2.24, 2.45) is 0 Å². The predicted octanol–water partition coefficient (Wildman–Crippen LogP) is 1.01.